The van der Waals surface area contributed by atoms with Gasteiger partial charge >= 0.3 is 6.18 Å². The second-order valence-electron chi connectivity index (χ2n) is 3.77. The first-order valence-electron chi connectivity index (χ1n) is 4.84. The van der Waals surface area contributed by atoms with Gasteiger partial charge in [0.25, 0.3) is 0 Å². The van der Waals surface area contributed by atoms with Crippen LogP contribution in [-0.4, -0.2) is 23.7 Å². The summed E-state index contributed by atoms with van der Waals surface area (Å²) in [5.74, 6) is 0. The van der Waals surface area contributed by atoms with Gasteiger partial charge in [-0.1, -0.05) is 0 Å². The van der Waals surface area contributed by atoms with Crippen LogP contribution in [0.4, 0.5) is 24.5 Å². The molecular formula is C10H14F3N3. The van der Waals surface area contributed by atoms with Crippen LogP contribution in [0.1, 0.15) is 13.8 Å². The summed E-state index contributed by atoms with van der Waals surface area (Å²) in [6, 6.07) is 1.20. The highest BCUT2D eigenvalue weighted by Gasteiger charge is 2.32. The van der Waals surface area contributed by atoms with Crippen LogP contribution < -0.4 is 10.6 Å². The topological polar surface area (TPSA) is 42.2 Å². The van der Waals surface area contributed by atoms with E-state index in [1.165, 1.54) is 23.4 Å². The van der Waals surface area contributed by atoms with Crippen molar-refractivity contribution in [2.24, 2.45) is 0 Å². The van der Waals surface area contributed by atoms with E-state index in [0.717, 1.165) is 0 Å². The van der Waals surface area contributed by atoms with E-state index in [1.807, 2.05) is 0 Å². The smallest absolute Gasteiger partial charge is 0.396 e. The monoisotopic (exact) mass is 233 g/mol. The molecule has 0 unspecified atom stereocenters. The largest absolute Gasteiger partial charge is 0.405 e. The Kier molecular flexibility index (Phi) is 3.62. The van der Waals surface area contributed by atoms with Crippen molar-refractivity contribution >= 4 is 11.4 Å². The zero-order valence-electron chi connectivity index (χ0n) is 9.12. The lowest BCUT2D eigenvalue weighted by Gasteiger charge is -2.30. The number of nitrogens with zero attached hydrogens (tertiary/aromatic N) is 2. The van der Waals surface area contributed by atoms with E-state index in [0.29, 0.717) is 5.69 Å². The summed E-state index contributed by atoms with van der Waals surface area (Å²) in [6.45, 7) is 2.36. The van der Waals surface area contributed by atoms with Crippen LogP contribution in [0, 0.1) is 0 Å². The van der Waals surface area contributed by atoms with E-state index in [2.05, 4.69) is 4.98 Å². The Morgan fingerprint density at radius 3 is 2.50 bits per heavy atom. The third-order valence-corrected chi connectivity index (χ3v) is 2.11. The predicted octanol–water partition coefficient (Wildman–Crippen LogP) is 2.44. The fourth-order valence-electron chi connectivity index (χ4n) is 1.40. The first kappa shape index (κ1) is 12.6. The van der Waals surface area contributed by atoms with Crippen LogP contribution in [0.3, 0.4) is 0 Å². The number of nitrogen functional groups attached to an aromatic ring is 1. The second kappa shape index (κ2) is 4.59. The Hall–Kier alpha value is -1.46. The molecule has 0 aliphatic carbocycles. The predicted molar refractivity (Wildman–Crippen MR) is 57.2 cm³/mol. The second-order valence-corrected chi connectivity index (χ2v) is 3.77. The minimum absolute atomic E-state index is 0.250. The van der Waals surface area contributed by atoms with E-state index in [-0.39, 0.29) is 11.7 Å². The summed E-state index contributed by atoms with van der Waals surface area (Å²) in [5.41, 5.74) is 6.22. The van der Waals surface area contributed by atoms with Crippen molar-refractivity contribution in [2.45, 2.75) is 26.1 Å². The van der Waals surface area contributed by atoms with Crippen LogP contribution in [0.2, 0.25) is 0 Å². The fraction of sp³-hybridized carbons (Fsp3) is 0.500. The summed E-state index contributed by atoms with van der Waals surface area (Å²) in [7, 11) is 0. The molecule has 16 heavy (non-hydrogen) atoms. The highest BCUT2D eigenvalue weighted by atomic mass is 19.4. The molecule has 0 saturated carbocycles. The van der Waals surface area contributed by atoms with Crippen LogP contribution in [0.25, 0.3) is 0 Å². The summed E-state index contributed by atoms with van der Waals surface area (Å²) in [5, 5.41) is 0. The average molecular weight is 233 g/mol. The molecule has 0 saturated heterocycles. The minimum atomic E-state index is -4.25. The molecule has 0 amide bonds. The molecule has 0 aliphatic heterocycles. The van der Waals surface area contributed by atoms with Crippen molar-refractivity contribution in [1.29, 1.82) is 0 Å². The van der Waals surface area contributed by atoms with Crippen molar-refractivity contribution in [1.82, 2.24) is 4.98 Å². The maximum Gasteiger partial charge on any atom is 0.405 e. The number of hydrogen-bond acceptors (Lipinski definition) is 3. The Balaban J connectivity index is 2.99. The maximum absolute atomic E-state index is 12.4. The first-order chi connectivity index (χ1) is 7.31. The Bertz CT molecular complexity index is 349. The zero-order chi connectivity index (χ0) is 12.3. The standard InChI is InChI=1S/C10H14F3N3/c1-7(2)16(6-10(11,12)13)9-3-4-15-5-8(9)14/h3-5,7H,6,14H2,1-2H3. The molecule has 2 N–H and O–H groups in total. The summed E-state index contributed by atoms with van der Waals surface area (Å²) >= 11 is 0. The number of rotatable bonds is 3. The first-order valence-corrected chi connectivity index (χ1v) is 4.84. The lowest BCUT2D eigenvalue weighted by atomic mass is 10.2. The highest BCUT2D eigenvalue weighted by molar-refractivity contribution is 5.66. The van der Waals surface area contributed by atoms with Gasteiger partial charge in [0, 0.05) is 12.2 Å². The molecule has 0 atom stereocenters. The van der Waals surface area contributed by atoms with Gasteiger partial charge in [-0.2, -0.15) is 13.2 Å². The van der Waals surface area contributed by atoms with E-state index in [1.54, 1.807) is 13.8 Å². The van der Waals surface area contributed by atoms with Gasteiger partial charge in [0.1, 0.15) is 6.54 Å². The van der Waals surface area contributed by atoms with Crippen molar-refractivity contribution < 1.29 is 13.2 Å². The zero-order valence-corrected chi connectivity index (χ0v) is 9.12. The molecule has 1 rings (SSSR count). The molecule has 1 aromatic rings. The summed E-state index contributed by atoms with van der Waals surface area (Å²) in [4.78, 5) is 4.96. The number of halogens is 3. The fourth-order valence-corrected chi connectivity index (χ4v) is 1.40. The lowest BCUT2D eigenvalue weighted by Crippen LogP contribution is -2.39. The molecule has 0 aromatic carbocycles. The van der Waals surface area contributed by atoms with E-state index >= 15 is 0 Å². The van der Waals surface area contributed by atoms with Gasteiger partial charge in [-0.25, -0.2) is 0 Å². The van der Waals surface area contributed by atoms with E-state index < -0.39 is 12.7 Å². The molecular weight excluding hydrogens is 219 g/mol. The quantitative estimate of drug-likeness (QED) is 0.871. The number of pyridine rings is 1. The normalized spacial score (nSPS) is 11.9. The Morgan fingerprint density at radius 1 is 1.44 bits per heavy atom. The molecule has 3 nitrogen and oxygen atoms in total. The molecule has 0 radical (unpaired) electrons. The van der Waals surface area contributed by atoms with Gasteiger partial charge < -0.3 is 10.6 Å². The number of anilines is 2. The van der Waals surface area contributed by atoms with E-state index in [9.17, 15) is 13.2 Å². The van der Waals surface area contributed by atoms with Crippen molar-refractivity contribution in [3.8, 4) is 0 Å². The van der Waals surface area contributed by atoms with Crippen LogP contribution >= 0.6 is 0 Å². The summed E-state index contributed by atoms with van der Waals surface area (Å²) in [6.07, 6.45) is -1.47. The van der Waals surface area contributed by atoms with E-state index in [4.69, 9.17) is 5.73 Å². The molecule has 6 heteroatoms. The van der Waals surface area contributed by atoms with Crippen LogP contribution in [-0.2, 0) is 0 Å². The number of nitrogens with two attached hydrogens (primary N) is 1. The van der Waals surface area contributed by atoms with Gasteiger partial charge in [0.2, 0.25) is 0 Å². The Morgan fingerprint density at radius 2 is 2.06 bits per heavy atom. The molecule has 0 aliphatic rings. The number of alkyl halides is 3. The lowest BCUT2D eigenvalue weighted by molar-refractivity contribution is -0.120. The van der Waals surface area contributed by atoms with Crippen LogP contribution in [0.5, 0.6) is 0 Å². The van der Waals surface area contributed by atoms with Gasteiger partial charge in [-0.05, 0) is 19.9 Å². The number of hydrogen-bond donors (Lipinski definition) is 1. The van der Waals surface area contributed by atoms with Crippen LogP contribution in [0.15, 0.2) is 18.5 Å². The number of aromatic nitrogens is 1. The third-order valence-electron chi connectivity index (χ3n) is 2.11. The third kappa shape index (κ3) is 3.29. The Labute approximate surface area is 92.1 Å². The summed E-state index contributed by atoms with van der Waals surface area (Å²) < 4.78 is 37.2. The van der Waals surface area contributed by atoms with Gasteiger partial charge in [-0.3, -0.25) is 4.98 Å². The highest BCUT2D eigenvalue weighted by Crippen LogP contribution is 2.27. The van der Waals surface area contributed by atoms with Crippen molar-refractivity contribution in [3.63, 3.8) is 0 Å². The van der Waals surface area contributed by atoms with Gasteiger partial charge in [0.05, 0.1) is 17.6 Å². The molecule has 1 aromatic heterocycles. The van der Waals surface area contributed by atoms with Crippen molar-refractivity contribution in [3.05, 3.63) is 18.5 Å². The van der Waals surface area contributed by atoms with Crippen molar-refractivity contribution in [2.75, 3.05) is 17.2 Å². The van der Waals surface area contributed by atoms with Gasteiger partial charge in [-0.15, -0.1) is 0 Å². The molecule has 0 fully saturated rings. The average Bonchev–Trinajstić information content (AvgIpc) is 2.13. The minimum Gasteiger partial charge on any atom is -0.396 e. The maximum atomic E-state index is 12.4. The molecule has 0 spiro atoms. The van der Waals surface area contributed by atoms with Gasteiger partial charge in [0.15, 0.2) is 0 Å². The SMILES string of the molecule is CC(C)N(CC(F)(F)F)c1ccncc1N. The molecule has 0 bridgehead atoms. The molecule has 1 heterocycles. The molecule has 90 valence electrons.